The number of rotatable bonds is 10. The largest absolute Gasteiger partial charge is 0.380 e. The van der Waals surface area contributed by atoms with Crippen LogP contribution in [0.3, 0.4) is 0 Å². The van der Waals surface area contributed by atoms with Gasteiger partial charge in [0.05, 0.1) is 27.7 Å². The summed E-state index contributed by atoms with van der Waals surface area (Å²) in [6, 6.07) is 24.0. The number of amides is 1. The van der Waals surface area contributed by atoms with Crippen LogP contribution in [0.15, 0.2) is 72.8 Å². The molecule has 0 bridgehead atoms. The van der Waals surface area contributed by atoms with Crippen LogP contribution in [0.4, 0.5) is 5.95 Å². The van der Waals surface area contributed by atoms with Crippen LogP contribution in [-0.2, 0) is 16.7 Å². The van der Waals surface area contributed by atoms with Crippen molar-refractivity contribution in [3.05, 3.63) is 94.0 Å². The van der Waals surface area contributed by atoms with Gasteiger partial charge in [-0.25, -0.2) is 4.98 Å². The number of imidazole rings is 1. The highest BCUT2D eigenvalue weighted by Crippen LogP contribution is 2.41. The molecule has 1 amide bonds. The van der Waals surface area contributed by atoms with E-state index in [1.54, 1.807) is 0 Å². The summed E-state index contributed by atoms with van der Waals surface area (Å²) in [6.45, 7) is 10.4. The van der Waals surface area contributed by atoms with Crippen molar-refractivity contribution in [2.45, 2.75) is 38.1 Å². The highest BCUT2D eigenvalue weighted by atomic mass is 35.5. The Morgan fingerprint density at radius 1 is 0.909 bits per heavy atom. The second-order valence-corrected chi connectivity index (χ2v) is 12.7. The fraction of sp³-hybridized carbons (Fsp3) is 0.429. The van der Waals surface area contributed by atoms with Gasteiger partial charge in [-0.3, -0.25) is 4.79 Å². The monoisotopic (exact) mass is 633 g/mol. The zero-order valence-corrected chi connectivity index (χ0v) is 26.9. The summed E-state index contributed by atoms with van der Waals surface area (Å²) in [5.74, 6) is 1.12. The molecule has 0 N–H and O–H groups in total. The van der Waals surface area contributed by atoms with E-state index >= 15 is 0 Å². The first-order valence-electron chi connectivity index (χ1n) is 15.8. The van der Waals surface area contributed by atoms with E-state index in [1.165, 1.54) is 0 Å². The van der Waals surface area contributed by atoms with Gasteiger partial charge in [0.25, 0.3) is 5.91 Å². The molecule has 0 spiro atoms. The minimum Gasteiger partial charge on any atom is -0.380 e. The predicted octanol–water partition coefficient (Wildman–Crippen LogP) is 6.77. The Hall–Kier alpha value is -3.10. The Labute approximate surface area is 270 Å². The van der Waals surface area contributed by atoms with Gasteiger partial charge in [0.1, 0.15) is 0 Å². The number of anilines is 1. The number of nitrogens with zero attached hydrogens (tertiary/aromatic N) is 5. The fourth-order valence-electron chi connectivity index (χ4n) is 6.81. The maximum absolute atomic E-state index is 13.4. The van der Waals surface area contributed by atoms with Gasteiger partial charge < -0.3 is 24.0 Å². The Kier molecular flexibility index (Phi) is 9.77. The Balaban J connectivity index is 1.17. The van der Waals surface area contributed by atoms with Crippen molar-refractivity contribution < 1.29 is 9.53 Å². The lowest BCUT2D eigenvalue weighted by Gasteiger charge is -2.33. The van der Waals surface area contributed by atoms with E-state index in [2.05, 4.69) is 44.7 Å². The van der Waals surface area contributed by atoms with Crippen molar-refractivity contribution in [1.82, 2.24) is 19.4 Å². The average Bonchev–Trinajstić information content (AvgIpc) is 3.57. The van der Waals surface area contributed by atoms with Crippen molar-refractivity contribution in [1.29, 1.82) is 0 Å². The van der Waals surface area contributed by atoms with E-state index in [4.69, 9.17) is 32.9 Å². The van der Waals surface area contributed by atoms with E-state index in [9.17, 15) is 4.79 Å². The predicted molar refractivity (Wildman–Crippen MR) is 179 cm³/mol. The number of aromatic nitrogens is 2. The van der Waals surface area contributed by atoms with Gasteiger partial charge in [-0.2, -0.15) is 0 Å². The lowest BCUT2D eigenvalue weighted by molar-refractivity contribution is 0.0781. The van der Waals surface area contributed by atoms with Crippen LogP contribution < -0.4 is 4.90 Å². The molecule has 2 aliphatic rings. The molecule has 0 saturated carbocycles. The molecular weight excluding hydrogens is 593 g/mol. The smallest absolute Gasteiger partial charge is 0.253 e. The molecule has 1 atom stereocenters. The van der Waals surface area contributed by atoms with E-state index < -0.39 is 0 Å². The van der Waals surface area contributed by atoms with Crippen molar-refractivity contribution in [2.24, 2.45) is 0 Å². The molecule has 4 aromatic rings. The van der Waals surface area contributed by atoms with Crippen molar-refractivity contribution in [3.8, 4) is 0 Å². The van der Waals surface area contributed by atoms with Crippen LogP contribution in [0.25, 0.3) is 11.0 Å². The maximum Gasteiger partial charge on any atom is 0.253 e. The van der Waals surface area contributed by atoms with E-state index in [0.717, 1.165) is 93.2 Å². The zero-order chi connectivity index (χ0) is 30.5. The summed E-state index contributed by atoms with van der Waals surface area (Å²) in [4.78, 5) is 25.5. The third kappa shape index (κ3) is 6.62. The van der Waals surface area contributed by atoms with E-state index in [1.807, 2.05) is 54.3 Å². The topological polar surface area (TPSA) is 53.8 Å². The normalized spacial score (nSPS) is 19.5. The highest BCUT2D eigenvalue weighted by Gasteiger charge is 2.42. The SMILES string of the molecule is CCOCCn1c(N2CCCN(CCC3(c4ccc(Cl)c(Cl)c4)CCN(C(=O)c4ccccc4)C3)CC2)nc2ccccc21. The molecule has 2 saturated heterocycles. The van der Waals surface area contributed by atoms with Crippen LogP contribution in [-0.4, -0.2) is 84.3 Å². The van der Waals surface area contributed by atoms with Crippen LogP contribution in [0.2, 0.25) is 10.0 Å². The lowest BCUT2D eigenvalue weighted by Crippen LogP contribution is -2.39. The molecular formula is C35H41Cl2N5O2. The summed E-state index contributed by atoms with van der Waals surface area (Å²) in [5, 5.41) is 1.12. The van der Waals surface area contributed by atoms with E-state index in [-0.39, 0.29) is 11.3 Å². The maximum atomic E-state index is 13.4. The number of para-hydroxylation sites is 2. The van der Waals surface area contributed by atoms with Gasteiger partial charge in [-0.1, -0.05) is 59.6 Å². The van der Waals surface area contributed by atoms with Gasteiger partial charge >= 0.3 is 0 Å². The number of benzene rings is 3. The highest BCUT2D eigenvalue weighted by molar-refractivity contribution is 6.42. The van der Waals surface area contributed by atoms with Crippen molar-refractivity contribution >= 4 is 46.1 Å². The minimum absolute atomic E-state index is 0.0881. The summed E-state index contributed by atoms with van der Waals surface area (Å²) in [6.07, 6.45) is 2.90. The molecule has 3 aromatic carbocycles. The second kappa shape index (κ2) is 13.9. The van der Waals surface area contributed by atoms with Crippen molar-refractivity contribution in [2.75, 3.05) is 63.9 Å². The second-order valence-electron chi connectivity index (χ2n) is 11.9. The molecule has 2 fully saturated rings. The third-order valence-electron chi connectivity index (χ3n) is 9.27. The number of fused-ring (bicyclic) bond motifs is 1. The molecule has 9 heteroatoms. The number of hydrogen-bond acceptors (Lipinski definition) is 5. The zero-order valence-electron chi connectivity index (χ0n) is 25.4. The standard InChI is InChI=1S/C35H41Cl2N5O2/c1-2-44-24-23-42-32-12-7-6-11-31(32)38-34(42)40-18-8-17-39(21-22-40)19-15-35(28-13-14-29(36)30(37)25-28)16-20-41(26-35)33(43)27-9-4-3-5-10-27/h3-7,9-14,25H,2,8,15-24,26H2,1H3. The molecule has 44 heavy (non-hydrogen) atoms. The third-order valence-corrected chi connectivity index (χ3v) is 10.0. The number of carbonyl (C=O) groups is 1. The molecule has 3 heterocycles. The van der Waals surface area contributed by atoms with Gasteiger partial charge in [0, 0.05) is 56.9 Å². The number of halogens is 2. The molecule has 232 valence electrons. The van der Waals surface area contributed by atoms with E-state index in [0.29, 0.717) is 29.8 Å². The summed E-state index contributed by atoms with van der Waals surface area (Å²) in [5.41, 5.74) is 3.90. The van der Waals surface area contributed by atoms with Crippen LogP contribution >= 0.6 is 23.2 Å². The van der Waals surface area contributed by atoms with Gasteiger partial charge in [-0.05, 0) is 81.2 Å². The summed E-state index contributed by atoms with van der Waals surface area (Å²) < 4.78 is 8.03. The molecule has 7 nitrogen and oxygen atoms in total. The summed E-state index contributed by atoms with van der Waals surface area (Å²) in [7, 11) is 0. The van der Waals surface area contributed by atoms with Gasteiger partial charge in [0.2, 0.25) is 5.95 Å². The lowest BCUT2D eigenvalue weighted by atomic mass is 9.76. The summed E-state index contributed by atoms with van der Waals surface area (Å²) >= 11 is 12.9. The van der Waals surface area contributed by atoms with Gasteiger partial charge in [-0.15, -0.1) is 0 Å². The van der Waals surface area contributed by atoms with Gasteiger partial charge in [0.15, 0.2) is 0 Å². The minimum atomic E-state index is -0.183. The molecule has 0 radical (unpaired) electrons. The van der Waals surface area contributed by atoms with Crippen LogP contribution in [0.5, 0.6) is 0 Å². The Morgan fingerprint density at radius 3 is 2.55 bits per heavy atom. The Morgan fingerprint density at radius 2 is 1.73 bits per heavy atom. The first-order chi connectivity index (χ1) is 21.5. The molecule has 1 unspecified atom stereocenters. The fourth-order valence-corrected chi connectivity index (χ4v) is 7.11. The number of ether oxygens (including phenoxy) is 1. The molecule has 2 aliphatic heterocycles. The van der Waals surface area contributed by atoms with Crippen molar-refractivity contribution in [3.63, 3.8) is 0 Å². The van der Waals surface area contributed by atoms with Crippen LogP contribution in [0, 0.1) is 0 Å². The Bertz CT molecular complexity index is 1580. The quantitative estimate of drug-likeness (QED) is 0.181. The number of hydrogen-bond donors (Lipinski definition) is 0. The van der Waals surface area contributed by atoms with Crippen LogP contribution in [0.1, 0.15) is 42.1 Å². The number of likely N-dealkylation sites (tertiary alicyclic amines) is 1. The molecule has 0 aliphatic carbocycles. The number of carbonyl (C=O) groups excluding carboxylic acids is 1. The first-order valence-corrected chi connectivity index (χ1v) is 16.5. The molecule has 1 aromatic heterocycles. The molecule has 6 rings (SSSR count). The first kappa shape index (κ1) is 30.9. The average molecular weight is 635 g/mol.